The molecule has 0 unspecified atom stereocenters. The number of halogens is 1. The second-order valence-electron chi connectivity index (χ2n) is 6.09. The Morgan fingerprint density at radius 2 is 1.80 bits per heavy atom. The summed E-state index contributed by atoms with van der Waals surface area (Å²) in [5, 5.41) is 11.0. The molecular formula is C15H19BrN2O2. The van der Waals surface area contributed by atoms with Crippen molar-refractivity contribution in [3.63, 3.8) is 0 Å². The van der Waals surface area contributed by atoms with Crippen LogP contribution in [0.4, 0.5) is 5.69 Å². The topological polar surface area (TPSA) is 46.4 Å². The summed E-state index contributed by atoms with van der Waals surface area (Å²) in [6, 6.07) is 5.33. The van der Waals surface area contributed by atoms with Gasteiger partial charge in [-0.1, -0.05) is 12.1 Å². The van der Waals surface area contributed by atoms with Gasteiger partial charge in [0.05, 0.1) is 9.40 Å². The zero-order valence-corrected chi connectivity index (χ0v) is 13.0. The average molecular weight is 339 g/mol. The summed E-state index contributed by atoms with van der Waals surface area (Å²) in [6.45, 7) is 3.10. The maximum Gasteiger partial charge on any atom is 0.283 e. The van der Waals surface area contributed by atoms with Gasteiger partial charge < -0.3 is 0 Å². The van der Waals surface area contributed by atoms with Crippen LogP contribution in [0, 0.1) is 22.0 Å². The van der Waals surface area contributed by atoms with E-state index in [1.807, 2.05) is 6.07 Å². The first-order valence-corrected chi connectivity index (χ1v) is 8.07. The zero-order valence-electron chi connectivity index (χ0n) is 11.4. The van der Waals surface area contributed by atoms with Crippen molar-refractivity contribution in [3.8, 4) is 0 Å². The summed E-state index contributed by atoms with van der Waals surface area (Å²) in [6.07, 6.45) is 5.38. The van der Waals surface area contributed by atoms with Crippen molar-refractivity contribution in [2.45, 2.75) is 32.2 Å². The van der Waals surface area contributed by atoms with E-state index in [9.17, 15) is 10.1 Å². The molecule has 0 atom stereocenters. The Labute approximate surface area is 127 Å². The van der Waals surface area contributed by atoms with Crippen LogP contribution >= 0.6 is 15.9 Å². The molecule has 1 aromatic carbocycles. The quantitative estimate of drug-likeness (QED) is 0.558. The molecule has 0 N–H and O–H groups in total. The number of nitro benzene ring substituents is 1. The highest BCUT2D eigenvalue weighted by Crippen LogP contribution is 2.35. The van der Waals surface area contributed by atoms with Crippen molar-refractivity contribution >= 4 is 21.6 Å². The van der Waals surface area contributed by atoms with Gasteiger partial charge in [0, 0.05) is 25.7 Å². The number of hydrogen-bond donors (Lipinski definition) is 0. The predicted octanol–water partition coefficient (Wildman–Crippen LogP) is 3.98. The molecule has 0 aliphatic heterocycles. The number of nitro groups is 1. The van der Waals surface area contributed by atoms with Crippen LogP contribution < -0.4 is 0 Å². The first-order valence-electron chi connectivity index (χ1n) is 7.27. The van der Waals surface area contributed by atoms with Crippen molar-refractivity contribution in [3.05, 3.63) is 38.3 Å². The molecule has 2 aliphatic rings. The lowest BCUT2D eigenvalue weighted by molar-refractivity contribution is -0.385. The van der Waals surface area contributed by atoms with E-state index in [0.717, 1.165) is 37.0 Å². The Morgan fingerprint density at radius 1 is 1.20 bits per heavy atom. The summed E-state index contributed by atoms with van der Waals surface area (Å²) in [5.41, 5.74) is 1.20. The smallest absolute Gasteiger partial charge is 0.283 e. The van der Waals surface area contributed by atoms with Crippen molar-refractivity contribution < 1.29 is 4.92 Å². The SMILES string of the molecule is O=[N+]([O-])c1cccc(CN(CC2CC2)CC2CC2)c1Br. The van der Waals surface area contributed by atoms with E-state index in [4.69, 9.17) is 0 Å². The van der Waals surface area contributed by atoms with Crippen LogP contribution in [0.2, 0.25) is 0 Å². The highest BCUT2D eigenvalue weighted by Gasteiger charge is 2.29. The van der Waals surface area contributed by atoms with Gasteiger partial charge in [0.1, 0.15) is 0 Å². The number of hydrogen-bond acceptors (Lipinski definition) is 3. The second-order valence-corrected chi connectivity index (χ2v) is 6.88. The van der Waals surface area contributed by atoms with E-state index in [0.29, 0.717) is 4.47 Å². The van der Waals surface area contributed by atoms with Crippen LogP contribution in [0.15, 0.2) is 22.7 Å². The van der Waals surface area contributed by atoms with Crippen LogP contribution in [-0.4, -0.2) is 22.9 Å². The van der Waals surface area contributed by atoms with Gasteiger partial charge in [0.15, 0.2) is 0 Å². The molecule has 3 rings (SSSR count). The van der Waals surface area contributed by atoms with Gasteiger partial charge in [0.2, 0.25) is 0 Å². The standard InChI is InChI=1S/C15H19BrN2O2/c16-15-13(2-1-3-14(15)18(19)20)10-17(8-11-4-5-11)9-12-6-7-12/h1-3,11-12H,4-10H2. The third-order valence-corrected chi connectivity index (χ3v) is 4.99. The van der Waals surface area contributed by atoms with Crippen LogP contribution in [-0.2, 0) is 6.54 Å². The van der Waals surface area contributed by atoms with Crippen LogP contribution in [0.5, 0.6) is 0 Å². The molecule has 0 radical (unpaired) electrons. The minimum atomic E-state index is -0.320. The molecule has 0 bridgehead atoms. The average Bonchev–Trinajstić information content (AvgIpc) is 3.27. The third kappa shape index (κ3) is 3.58. The normalized spacial score (nSPS) is 18.5. The van der Waals surface area contributed by atoms with Gasteiger partial charge in [-0.15, -0.1) is 0 Å². The molecule has 2 saturated carbocycles. The Hall–Kier alpha value is -0.940. The Bertz CT molecular complexity index is 499. The molecule has 5 heteroatoms. The molecule has 20 heavy (non-hydrogen) atoms. The van der Waals surface area contributed by atoms with E-state index in [-0.39, 0.29) is 10.6 Å². The summed E-state index contributed by atoms with van der Waals surface area (Å²) >= 11 is 3.41. The van der Waals surface area contributed by atoms with Crippen LogP contribution in [0.25, 0.3) is 0 Å². The molecule has 0 heterocycles. The van der Waals surface area contributed by atoms with E-state index < -0.39 is 0 Å². The van der Waals surface area contributed by atoms with Crippen molar-refractivity contribution in [2.75, 3.05) is 13.1 Å². The highest BCUT2D eigenvalue weighted by atomic mass is 79.9. The highest BCUT2D eigenvalue weighted by molar-refractivity contribution is 9.10. The Balaban J connectivity index is 1.72. The van der Waals surface area contributed by atoms with Crippen molar-refractivity contribution in [2.24, 2.45) is 11.8 Å². The van der Waals surface area contributed by atoms with Gasteiger partial charge in [0.25, 0.3) is 5.69 Å². The van der Waals surface area contributed by atoms with E-state index in [1.165, 1.54) is 25.7 Å². The van der Waals surface area contributed by atoms with E-state index in [1.54, 1.807) is 12.1 Å². The predicted molar refractivity (Wildman–Crippen MR) is 81.5 cm³/mol. The molecule has 2 fully saturated rings. The number of rotatable bonds is 7. The summed E-state index contributed by atoms with van der Waals surface area (Å²) in [4.78, 5) is 13.2. The zero-order chi connectivity index (χ0) is 14.1. The first kappa shape index (κ1) is 14.0. The molecule has 0 aromatic heterocycles. The molecule has 4 nitrogen and oxygen atoms in total. The lowest BCUT2D eigenvalue weighted by Gasteiger charge is -2.22. The monoisotopic (exact) mass is 338 g/mol. The van der Waals surface area contributed by atoms with E-state index >= 15 is 0 Å². The molecule has 108 valence electrons. The third-order valence-electron chi connectivity index (χ3n) is 4.08. The fourth-order valence-electron chi connectivity index (χ4n) is 2.61. The van der Waals surface area contributed by atoms with Gasteiger partial charge in [-0.2, -0.15) is 0 Å². The van der Waals surface area contributed by atoms with Gasteiger partial charge in [-0.25, -0.2) is 0 Å². The fourth-order valence-corrected chi connectivity index (χ4v) is 3.14. The molecule has 0 amide bonds. The molecule has 0 spiro atoms. The number of nitrogens with zero attached hydrogens (tertiary/aromatic N) is 2. The Kier molecular flexibility index (Phi) is 4.08. The summed E-state index contributed by atoms with van der Waals surface area (Å²) in [5.74, 6) is 1.71. The first-order chi connectivity index (χ1) is 9.63. The van der Waals surface area contributed by atoms with Gasteiger partial charge >= 0.3 is 0 Å². The minimum Gasteiger partial charge on any atom is -0.298 e. The second kappa shape index (κ2) is 5.82. The van der Waals surface area contributed by atoms with Crippen LogP contribution in [0.1, 0.15) is 31.2 Å². The largest absolute Gasteiger partial charge is 0.298 e. The maximum atomic E-state index is 11.0. The van der Waals surface area contributed by atoms with E-state index in [2.05, 4.69) is 20.8 Å². The fraction of sp³-hybridized carbons (Fsp3) is 0.600. The summed E-state index contributed by atoms with van der Waals surface area (Å²) in [7, 11) is 0. The summed E-state index contributed by atoms with van der Waals surface area (Å²) < 4.78 is 0.640. The molecule has 0 saturated heterocycles. The lowest BCUT2D eigenvalue weighted by atomic mass is 10.1. The lowest BCUT2D eigenvalue weighted by Crippen LogP contribution is -2.28. The maximum absolute atomic E-state index is 11.0. The number of benzene rings is 1. The van der Waals surface area contributed by atoms with Gasteiger partial charge in [-0.05, 0) is 59.0 Å². The minimum absolute atomic E-state index is 0.167. The van der Waals surface area contributed by atoms with Crippen molar-refractivity contribution in [1.82, 2.24) is 4.90 Å². The van der Waals surface area contributed by atoms with Gasteiger partial charge in [-0.3, -0.25) is 15.0 Å². The van der Waals surface area contributed by atoms with Crippen molar-refractivity contribution in [1.29, 1.82) is 0 Å². The molecular weight excluding hydrogens is 320 g/mol. The Morgan fingerprint density at radius 3 is 2.30 bits per heavy atom. The molecule has 1 aromatic rings. The molecule has 2 aliphatic carbocycles. The van der Waals surface area contributed by atoms with Crippen LogP contribution in [0.3, 0.4) is 0 Å².